The Morgan fingerprint density at radius 1 is 1.30 bits per heavy atom. The fraction of sp³-hybridized carbons (Fsp3) is 0.667. The zero-order valence-electron chi connectivity index (χ0n) is 12.2. The summed E-state index contributed by atoms with van der Waals surface area (Å²) in [6, 6.07) is 4.30. The van der Waals surface area contributed by atoms with Crippen LogP contribution in [-0.2, 0) is 9.47 Å². The maximum absolute atomic E-state index is 5.78. The van der Waals surface area contributed by atoms with E-state index in [2.05, 4.69) is 16.9 Å². The summed E-state index contributed by atoms with van der Waals surface area (Å²) in [5, 5.41) is 0. The van der Waals surface area contributed by atoms with Gasteiger partial charge in [-0.1, -0.05) is 0 Å². The molecule has 0 unspecified atom stereocenters. The van der Waals surface area contributed by atoms with E-state index in [9.17, 15) is 0 Å². The summed E-state index contributed by atoms with van der Waals surface area (Å²) in [6.07, 6.45) is 5.82. The zero-order chi connectivity index (χ0) is 14.0. The van der Waals surface area contributed by atoms with Crippen molar-refractivity contribution in [1.29, 1.82) is 0 Å². The first-order chi connectivity index (χ1) is 9.74. The van der Waals surface area contributed by atoms with E-state index >= 15 is 0 Å². The molecule has 1 aromatic rings. The van der Waals surface area contributed by atoms with Gasteiger partial charge in [0.05, 0.1) is 20.3 Å². The molecule has 1 saturated carbocycles. The summed E-state index contributed by atoms with van der Waals surface area (Å²) < 4.78 is 17.0. The van der Waals surface area contributed by atoms with Crippen LogP contribution in [-0.4, -0.2) is 44.2 Å². The molecular formula is C15H22N2O3. The highest BCUT2D eigenvalue weighted by atomic mass is 16.7. The van der Waals surface area contributed by atoms with Crippen LogP contribution in [0.2, 0.25) is 0 Å². The number of rotatable bonds is 3. The summed E-state index contributed by atoms with van der Waals surface area (Å²) in [5.41, 5.74) is 0. The smallest absolute Gasteiger partial charge is 0.171 e. The zero-order valence-corrected chi connectivity index (χ0v) is 12.2. The molecule has 0 atom stereocenters. The third kappa shape index (κ3) is 2.47. The monoisotopic (exact) mass is 278 g/mol. The minimum Gasteiger partial charge on any atom is -0.493 e. The van der Waals surface area contributed by atoms with Crippen LogP contribution in [0.25, 0.3) is 0 Å². The predicted molar refractivity (Wildman–Crippen MR) is 76.1 cm³/mol. The molecule has 5 nitrogen and oxygen atoms in total. The molecule has 2 aliphatic rings. The Kier molecular flexibility index (Phi) is 3.81. The molecule has 20 heavy (non-hydrogen) atoms. The fourth-order valence-electron chi connectivity index (χ4n) is 3.19. The molecular weight excluding hydrogens is 256 g/mol. The van der Waals surface area contributed by atoms with Gasteiger partial charge in [0.15, 0.2) is 17.4 Å². The Balaban J connectivity index is 1.68. The third-order valence-corrected chi connectivity index (χ3v) is 4.38. The number of aromatic nitrogens is 1. The second-order valence-corrected chi connectivity index (χ2v) is 5.48. The highest BCUT2D eigenvalue weighted by Crippen LogP contribution is 2.38. The van der Waals surface area contributed by atoms with E-state index in [-0.39, 0.29) is 5.79 Å². The number of anilines is 1. The van der Waals surface area contributed by atoms with Crippen LogP contribution in [0, 0.1) is 0 Å². The molecule has 2 heterocycles. The number of nitrogens with zero attached hydrogens (tertiary/aromatic N) is 2. The van der Waals surface area contributed by atoms with Gasteiger partial charge in [0.25, 0.3) is 0 Å². The standard InChI is InChI=1S/C15H22N2O3/c1-17(14-13(18-2)4-3-9-16-14)12-5-7-15(8-6-12)19-10-11-20-15/h3-4,9,12H,5-8,10-11H2,1-2H3. The molecule has 5 heteroatoms. The average molecular weight is 278 g/mol. The van der Waals surface area contributed by atoms with Crippen LogP contribution in [0.3, 0.4) is 0 Å². The van der Waals surface area contributed by atoms with E-state index in [1.54, 1.807) is 7.11 Å². The normalized spacial score (nSPS) is 22.1. The van der Waals surface area contributed by atoms with Crippen molar-refractivity contribution < 1.29 is 14.2 Å². The molecule has 2 fully saturated rings. The van der Waals surface area contributed by atoms with Crippen LogP contribution in [0.15, 0.2) is 18.3 Å². The van der Waals surface area contributed by atoms with Gasteiger partial charge in [0, 0.05) is 32.1 Å². The summed E-state index contributed by atoms with van der Waals surface area (Å²) in [7, 11) is 3.77. The van der Waals surface area contributed by atoms with E-state index in [1.165, 1.54) is 0 Å². The number of ether oxygens (including phenoxy) is 3. The van der Waals surface area contributed by atoms with E-state index in [4.69, 9.17) is 14.2 Å². The van der Waals surface area contributed by atoms with Crippen LogP contribution < -0.4 is 9.64 Å². The molecule has 1 spiro atoms. The van der Waals surface area contributed by atoms with Crippen molar-refractivity contribution in [2.45, 2.75) is 37.5 Å². The van der Waals surface area contributed by atoms with Gasteiger partial charge < -0.3 is 19.1 Å². The second kappa shape index (κ2) is 5.58. The highest BCUT2D eigenvalue weighted by molar-refractivity contribution is 5.52. The average Bonchev–Trinajstić information content (AvgIpc) is 2.95. The van der Waals surface area contributed by atoms with Gasteiger partial charge in [-0.15, -0.1) is 0 Å². The molecule has 0 amide bonds. The topological polar surface area (TPSA) is 43.8 Å². The minimum atomic E-state index is -0.300. The van der Waals surface area contributed by atoms with E-state index < -0.39 is 0 Å². The van der Waals surface area contributed by atoms with Crippen molar-refractivity contribution in [3.8, 4) is 5.75 Å². The SMILES string of the molecule is COc1cccnc1N(C)C1CCC2(CC1)OCCO2. The van der Waals surface area contributed by atoms with Crippen molar-refractivity contribution in [2.75, 3.05) is 32.3 Å². The number of methoxy groups -OCH3 is 1. The Bertz CT molecular complexity index is 450. The van der Waals surface area contributed by atoms with Gasteiger partial charge in [-0.3, -0.25) is 0 Å². The molecule has 1 aromatic heterocycles. The second-order valence-electron chi connectivity index (χ2n) is 5.48. The van der Waals surface area contributed by atoms with Gasteiger partial charge in [-0.05, 0) is 25.0 Å². The van der Waals surface area contributed by atoms with Crippen molar-refractivity contribution in [2.24, 2.45) is 0 Å². The molecule has 1 aliphatic carbocycles. The van der Waals surface area contributed by atoms with Crippen LogP contribution in [0.5, 0.6) is 5.75 Å². The first-order valence-corrected chi connectivity index (χ1v) is 7.24. The summed E-state index contributed by atoms with van der Waals surface area (Å²) in [5.74, 6) is 1.43. The number of hydrogen-bond acceptors (Lipinski definition) is 5. The molecule has 0 N–H and O–H groups in total. The molecule has 1 aliphatic heterocycles. The van der Waals surface area contributed by atoms with Crippen molar-refractivity contribution in [3.05, 3.63) is 18.3 Å². The van der Waals surface area contributed by atoms with Crippen molar-refractivity contribution in [1.82, 2.24) is 4.98 Å². The molecule has 0 radical (unpaired) electrons. The largest absolute Gasteiger partial charge is 0.493 e. The predicted octanol–water partition coefficient (Wildman–Crippen LogP) is 2.21. The van der Waals surface area contributed by atoms with Gasteiger partial charge in [-0.25, -0.2) is 4.98 Å². The number of hydrogen-bond donors (Lipinski definition) is 0. The Morgan fingerprint density at radius 2 is 2.00 bits per heavy atom. The van der Waals surface area contributed by atoms with Crippen LogP contribution in [0.4, 0.5) is 5.82 Å². The Morgan fingerprint density at radius 3 is 2.65 bits per heavy atom. The summed E-state index contributed by atoms with van der Waals surface area (Å²) >= 11 is 0. The van der Waals surface area contributed by atoms with Gasteiger partial charge in [0.2, 0.25) is 0 Å². The van der Waals surface area contributed by atoms with E-state index in [0.29, 0.717) is 6.04 Å². The lowest BCUT2D eigenvalue weighted by Gasteiger charge is -2.39. The molecule has 3 rings (SSSR count). The highest BCUT2D eigenvalue weighted by Gasteiger charge is 2.41. The van der Waals surface area contributed by atoms with Gasteiger partial charge in [0.1, 0.15) is 0 Å². The maximum Gasteiger partial charge on any atom is 0.171 e. The third-order valence-electron chi connectivity index (χ3n) is 4.38. The molecule has 0 aromatic carbocycles. The lowest BCUT2D eigenvalue weighted by molar-refractivity contribution is -0.178. The summed E-state index contributed by atoms with van der Waals surface area (Å²) in [4.78, 5) is 6.67. The molecule has 110 valence electrons. The molecule has 0 bridgehead atoms. The van der Waals surface area contributed by atoms with E-state index in [0.717, 1.165) is 50.5 Å². The van der Waals surface area contributed by atoms with Gasteiger partial charge >= 0.3 is 0 Å². The van der Waals surface area contributed by atoms with Crippen molar-refractivity contribution >= 4 is 5.82 Å². The molecule has 1 saturated heterocycles. The van der Waals surface area contributed by atoms with E-state index in [1.807, 2.05) is 18.3 Å². The first kappa shape index (κ1) is 13.6. The van der Waals surface area contributed by atoms with Crippen molar-refractivity contribution in [3.63, 3.8) is 0 Å². The maximum atomic E-state index is 5.78. The Labute approximate surface area is 119 Å². The lowest BCUT2D eigenvalue weighted by atomic mass is 9.89. The van der Waals surface area contributed by atoms with Gasteiger partial charge in [-0.2, -0.15) is 0 Å². The lowest BCUT2D eigenvalue weighted by Crippen LogP contribution is -2.43. The van der Waals surface area contributed by atoms with Crippen LogP contribution >= 0.6 is 0 Å². The Hall–Kier alpha value is -1.33. The quantitative estimate of drug-likeness (QED) is 0.848. The summed E-state index contributed by atoms with van der Waals surface area (Å²) in [6.45, 7) is 1.46. The minimum absolute atomic E-state index is 0.300. The fourth-order valence-corrected chi connectivity index (χ4v) is 3.19. The number of pyridine rings is 1. The van der Waals surface area contributed by atoms with Crippen LogP contribution in [0.1, 0.15) is 25.7 Å². The first-order valence-electron chi connectivity index (χ1n) is 7.24.